The van der Waals surface area contributed by atoms with Gasteiger partial charge in [-0.2, -0.15) is 0 Å². The molecule has 3 N–H and O–H groups in total. The van der Waals surface area contributed by atoms with Gasteiger partial charge in [0.1, 0.15) is 17.4 Å². The molecule has 164 valence electrons. The summed E-state index contributed by atoms with van der Waals surface area (Å²) < 4.78 is 20.0. The van der Waals surface area contributed by atoms with E-state index >= 15 is 0 Å². The number of carbonyl (C=O) groups is 1. The van der Waals surface area contributed by atoms with Gasteiger partial charge >= 0.3 is 5.69 Å². The highest BCUT2D eigenvalue weighted by atomic mass is 35.5. The summed E-state index contributed by atoms with van der Waals surface area (Å²) >= 11 is 5.73. The number of nitrogens with one attached hydrogen (secondary N) is 1. The highest BCUT2D eigenvalue weighted by Gasteiger charge is 2.25. The topological polar surface area (TPSA) is 110 Å². The first kappa shape index (κ1) is 23.5. The largest absolute Gasteiger partial charge is 0.484 e. The monoisotopic (exact) mass is 440 g/mol. The molecule has 0 saturated carbocycles. The number of nitrogen functional groups attached to an aromatic ring is 1. The van der Waals surface area contributed by atoms with E-state index in [1.165, 1.54) is 21.6 Å². The van der Waals surface area contributed by atoms with Crippen molar-refractivity contribution in [1.29, 1.82) is 0 Å². The van der Waals surface area contributed by atoms with E-state index in [2.05, 4.69) is 4.98 Å². The molecule has 10 heteroatoms. The van der Waals surface area contributed by atoms with Crippen molar-refractivity contribution in [1.82, 2.24) is 9.55 Å². The summed E-state index contributed by atoms with van der Waals surface area (Å²) in [6.07, 6.45) is 0. The zero-order valence-electron chi connectivity index (χ0n) is 17.4. The Kier molecular flexibility index (Phi) is 7.66. The molecule has 2 rings (SSSR count). The Hall–Kier alpha value is -2.81. The van der Waals surface area contributed by atoms with Crippen LogP contribution in [0, 0.1) is 17.7 Å². The molecule has 1 aromatic carbocycles. The second-order valence-electron chi connectivity index (χ2n) is 7.76. The van der Waals surface area contributed by atoms with Gasteiger partial charge in [0.2, 0.25) is 0 Å². The van der Waals surface area contributed by atoms with Gasteiger partial charge in [0, 0.05) is 19.2 Å². The Morgan fingerprint density at radius 3 is 2.50 bits per heavy atom. The van der Waals surface area contributed by atoms with E-state index in [9.17, 15) is 18.8 Å². The van der Waals surface area contributed by atoms with Crippen molar-refractivity contribution < 1.29 is 13.9 Å². The number of hydrogen-bond acceptors (Lipinski definition) is 5. The van der Waals surface area contributed by atoms with E-state index in [1.807, 2.05) is 27.7 Å². The van der Waals surface area contributed by atoms with Crippen molar-refractivity contribution in [2.24, 2.45) is 11.8 Å². The maximum atomic E-state index is 13.3. The molecule has 1 heterocycles. The maximum Gasteiger partial charge on any atom is 0.330 e. The van der Waals surface area contributed by atoms with Crippen LogP contribution in [-0.2, 0) is 11.3 Å². The summed E-state index contributed by atoms with van der Waals surface area (Å²) in [4.78, 5) is 41.1. The number of benzene rings is 1. The van der Waals surface area contributed by atoms with Gasteiger partial charge in [0.15, 0.2) is 12.3 Å². The molecule has 0 aliphatic rings. The first-order valence-corrected chi connectivity index (χ1v) is 9.89. The number of aromatic amines is 1. The maximum absolute atomic E-state index is 13.3. The molecule has 1 aromatic heterocycles. The van der Waals surface area contributed by atoms with Crippen LogP contribution in [0.1, 0.15) is 27.7 Å². The number of halogens is 2. The number of anilines is 2. The number of rotatable bonds is 8. The van der Waals surface area contributed by atoms with Crippen molar-refractivity contribution in [3.63, 3.8) is 0 Å². The number of nitrogens with zero attached hydrogens (tertiary/aromatic N) is 2. The highest BCUT2D eigenvalue weighted by Crippen LogP contribution is 2.22. The Balaban J connectivity index is 2.39. The lowest BCUT2D eigenvalue weighted by molar-refractivity contribution is -0.120. The molecule has 0 aliphatic heterocycles. The second-order valence-corrected chi connectivity index (χ2v) is 8.17. The fourth-order valence-electron chi connectivity index (χ4n) is 2.86. The number of hydrogen-bond donors (Lipinski definition) is 2. The minimum atomic E-state index is -0.753. The third-order valence-corrected chi connectivity index (χ3v) is 4.42. The van der Waals surface area contributed by atoms with Crippen LogP contribution in [0.3, 0.4) is 0 Å². The Morgan fingerprint density at radius 1 is 1.27 bits per heavy atom. The van der Waals surface area contributed by atoms with Gasteiger partial charge in [-0.3, -0.25) is 19.1 Å². The minimum Gasteiger partial charge on any atom is -0.484 e. The van der Waals surface area contributed by atoms with E-state index in [0.717, 1.165) is 6.07 Å². The van der Waals surface area contributed by atoms with Crippen LogP contribution in [0.4, 0.5) is 15.9 Å². The fourth-order valence-corrected chi connectivity index (χ4v) is 3.03. The zero-order valence-corrected chi connectivity index (χ0v) is 18.1. The average molecular weight is 441 g/mol. The predicted octanol–water partition coefficient (Wildman–Crippen LogP) is 2.64. The number of nitrogens with two attached hydrogens (primary N) is 1. The summed E-state index contributed by atoms with van der Waals surface area (Å²) in [5.41, 5.74) is 4.65. The predicted molar refractivity (Wildman–Crippen MR) is 115 cm³/mol. The van der Waals surface area contributed by atoms with Crippen molar-refractivity contribution >= 4 is 29.0 Å². The van der Waals surface area contributed by atoms with Gasteiger partial charge in [-0.1, -0.05) is 39.3 Å². The molecule has 0 saturated heterocycles. The van der Waals surface area contributed by atoms with Gasteiger partial charge in [-0.05, 0) is 24.0 Å². The summed E-state index contributed by atoms with van der Waals surface area (Å²) in [5.74, 6) is -0.954. The minimum absolute atomic E-state index is 0.00140. The van der Waals surface area contributed by atoms with Gasteiger partial charge in [-0.15, -0.1) is 0 Å². The van der Waals surface area contributed by atoms with E-state index in [1.54, 1.807) is 0 Å². The highest BCUT2D eigenvalue weighted by molar-refractivity contribution is 6.30. The van der Waals surface area contributed by atoms with Gasteiger partial charge in [0.05, 0.1) is 5.02 Å². The SMILES string of the molecule is CC(C)CN(C(=O)COc1ccc(F)c(Cl)c1)c1c(N)n(CC(C)C)c(=O)[nH]c1=O. The van der Waals surface area contributed by atoms with Crippen molar-refractivity contribution in [3.05, 3.63) is 49.9 Å². The van der Waals surface area contributed by atoms with Crippen molar-refractivity contribution in [2.75, 3.05) is 23.8 Å². The lowest BCUT2D eigenvalue weighted by atomic mass is 10.2. The van der Waals surface area contributed by atoms with Gasteiger partial charge < -0.3 is 15.4 Å². The van der Waals surface area contributed by atoms with Crippen LogP contribution in [0.5, 0.6) is 5.75 Å². The number of carbonyl (C=O) groups excluding carboxylic acids is 1. The molecule has 0 spiro atoms. The summed E-state index contributed by atoms with van der Waals surface area (Å²) in [7, 11) is 0. The number of ether oxygens (including phenoxy) is 1. The molecule has 0 radical (unpaired) electrons. The molecule has 0 aliphatic carbocycles. The van der Waals surface area contributed by atoms with Crippen LogP contribution in [0.2, 0.25) is 5.02 Å². The van der Waals surface area contributed by atoms with Crippen LogP contribution in [-0.4, -0.2) is 28.6 Å². The molecular formula is C20H26ClFN4O4. The smallest absolute Gasteiger partial charge is 0.330 e. The van der Waals surface area contributed by atoms with Gasteiger partial charge in [-0.25, -0.2) is 9.18 Å². The Morgan fingerprint density at radius 2 is 1.93 bits per heavy atom. The third kappa shape index (κ3) is 5.63. The summed E-state index contributed by atoms with van der Waals surface area (Å²) in [6.45, 7) is 7.56. The van der Waals surface area contributed by atoms with E-state index in [0.29, 0.717) is 0 Å². The van der Waals surface area contributed by atoms with Crippen LogP contribution in [0.15, 0.2) is 27.8 Å². The normalized spacial score (nSPS) is 11.2. The zero-order chi connectivity index (χ0) is 22.6. The Bertz CT molecular complexity index is 1030. The van der Waals surface area contributed by atoms with Gasteiger partial charge in [0.25, 0.3) is 11.5 Å². The molecule has 30 heavy (non-hydrogen) atoms. The molecule has 0 fully saturated rings. The molecule has 0 unspecified atom stereocenters. The van der Waals surface area contributed by atoms with Crippen molar-refractivity contribution in [3.8, 4) is 5.75 Å². The first-order chi connectivity index (χ1) is 14.0. The lowest BCUT2D eigenvalue weighted by Crippen LogP contribution is -2.44. The third-order valence-electron chi connectivity index (χ3n) is 4.13. The summed E-state index contributed by atoms with van der Waals surface area (Å²) in [5, 5.41) is -0.138. The van der Waals surface area contributed by atoms with Crippen LogP contribution in [0.25, 0.3) is 0 Å². The molecule has 8 nitrogen and oxygen atoms in total. The fraction of sp³-hybridized carbons (Fsp3) is 0.450. The summed E-state index contributed by atoms with van der Waals surface area (Å²) in [6, 6.07) is 3.71. The first-order valence-electron chi connectivity index (χ1n) is 9.52. The number of aromatic nitrogens is 2. The van der Waals surface area contributed by atoms with Crippen molar-refractivity contribution in [2.45, 2.75) is 34.2 Å². The number of amides is 1. The average Bonchev–Trinajstić information content (AvgIpc) is 2.64. The van der Waals surface area contributed by atoms with E-state index in [-0.39, 0.29) is 47.2 Å². The Labute approximate surface area is 178 Å². The van der Waals surface area contributed by atoms with Crippen LogP contribution < -0.4 is 26.6 Å². The molecule has 0 bridgehead atoms. The lowest BCUT2D eigenvalue weighted by Gasteiger charge is -2.26. The molecule has 2 aromatic rings. The number of H-pyrrole nitrogens is 1. The molecule has 1 amide bonds. The standard InChI is InChI=1S/C20H26ClFN4O4/c1-11(2)8-25(16(27)10-30-13-5-6-15(22)14(21)7-13)17-18(23)26(9-12(3)4)20(29)24-19(17)28/h5-7,11-12H,8-10,23H2,1-4H3,(H,24,28,29). The molecular weight excluding hydrogens is 415 g/mol. The van der Waals surface area contributed by atoms with E-state index < -0.39 is 29.6 Å². The van der Waals surface area contributed by atoms with Crippen LogP contribution >= 0.6 is 11.6 Å². The quantitative estimate of drug-likeness (QED) is 0.655. The molecule has 0 atom stereocenters. The van der Waals surface area contributed by atoms with E-state index in [4.69, 9.17) is 22.1 Å². The second kappa shape index (κ2) is 9.80.